The van der Waals surface area contributed by atoms with Gasteiger partial charge < -0.3 is 10.2 Å². The van der Waals surface area contributed by atoms with Crippen LogP contribution in [-0.4, -0.2) is 36.4 Å². The van der Waals surface area contributed by atoms with Crippen LogP contribution in [0, 0.1) is 10.1 Å². The molecule has 6 nitrogen and oxygen atoms in total. The second kappa shape index (κ2) is 7.34. The van der Waals surface area contributed by atoms with Gasteiger partial charge in [-0.25, -0.2) is 0 Å². The zero-order chi connectivity index (χ0) is 13.4. The highest BCUT2D eigenvalue weighted by Gasteiger charge is 2.03. The third-order valence-electron chi connectivity index (χ3n) is 1.80. The fraction of sp³-hybridized carbons (Fsp3) is 0.364. The molecule has 0 bridgehead atoms. The average Bonchev–Trinajstić information content (AvgIpc) is 2.22. The van der Waals surface area contributed by atoms with E-state index in [-0.39, 0.29) is 11.6 Å². The molecule has 0 aliphatic heterocycles. The van der Waals surface area contributed by atoms with Crippen LogP contribution in [-0.2, 0) is 4.79 Å². The summed E-state index contributed by atoms with van der Waals surface area (Å²) in [5.41, 5.74) is 0.0467. The van der Waals surface area contributed by atoms with Crippen LogP contribution in [0.4, 0.5) is 0 Å². The Labute approximate surface area is 100 Å². The molecule has 0 saturated carbocycles. The molecule has 0 aliphatic carbocycles. The standard InChI is InChI=1S/C11H17N3O3/c1-9(5-6-10(2)14(16)17)12-11(15)7-8-13(3)4/h5-6H,1-2,7-8H2,3-4H3,(H,12,15)/b6-5-. The van der Waals surface area contributed by atoms with Gasteiger partial charge in [-0.1, -0.05) is 6.58 Å². The maximum Gasteiger partial charge on any atom is 0.262 e. The maximum absolute atomic E-state index is 11.3. The summed E-state index contributed by atoms with van der Waals surface area (Å²) in [6.07, 6.45) is 2.88. The van der Waals surface area contributed by atoms with Crippen LogP contribution in [0.2, 0.25) is 0 Å². The van der Waals surface area contributed by atoms with Gasteiger partial charge in [0.1, 0.15) is 0 Å². The van der Waals surface area contributed by atoms with Crippen molar-refractivity contribution in [2.24, 2.45) is 0 Å². The number of allylic oxidation sites excluding steroid dienone is 2. The number of carbonyl (C=O) groups is 1. The SMILES string of the molecule is C=C(/C=C\C(=C)[N+](=O)[O-])NC(=O)CCN(C)C. The van der Waals surface area contributed by atoms with E-state index >= 15 is 0 Å². The van der Waals surface area contributed by atoms with Gasteiger partial charge in [0.25, 0.3) is 5.70 Å². The van der Waals surface area contributed by atoms with E-state index in [1.54, 1.807) is 0 Å². The molecule has 0 aromatic carbocycles. The highest BCUT2D eigenvalue weighted by molar-refractivity contribution is 5.78. The molecule has 0 heterocycles. The first-order valence-corrected chi connectivity index (χ1v) is 4.97. The van der Waals surface area contributed by atoms with Gasteiger partial charge >= 0.3 is 0 Å². The van der Waals surface area contributed by atoms with Crippen molar-refractivity contribution in [3.05, 3.63) is 46.8 Å². The summed E-state index contributed by atoms with van der Waals surface area (Å²) in [7, 11) is 3.73. The van der Waals surface area contributed by atoms with Crippen LogP contribution < -0.4 is 5.32 Å². The largest absolute Gasteiger partial charge is 0.327 e. The number of rotatable bonds is 7. The van der Waals surface area contributed by atoms with Crippen LogP contribution in [0.1, 0.15) is 6.42 Å². The Bertz CT molecular complexity index is 359. The monoisotopic (exact) mass is 239 g/mol. The van der Waals surface area contributed by atoms with Crippen LogP contribution in [0.25, 0.3) is 0 Å². The Kier molecular flexibility index (Phi) is 6.50. The van der Waals surface area contributed by atoms with E-state index in [1.807, 2.05) is 19.0 Å². The summed E-state index contributed by atoms with van der Waals surface area (Å²) in [4.78, 5) is 22.9. The minimum Gasteiger partial charge on any atom is -0.327 e. The van der Waals surface area contributed by atoms with Gasteiger partial charge in [0.05, 0.1) is 4.92 Å². The first kappa shape index (κ1) is 15.0. The van der Waals surface area contributed by atoms with Gasteiger partial charge in [-0.2, -0.15) is 0 Å². The van der Waals surface area contributed by atoms with E-state index in [1.165, 1.54) is 12.2 Å². The maximum atomic E-state index is 11.3. The number of hydrogen-bond acceptors (Lipinski definition) is 4. The highest BCUT2D eigenvalue weighted by Crippen LogP contribution is 1.97. The fourth-order valence-corrected chi connectivity index (χ4v) is 0.866. The topological polar surface area (TPSA) is 75.5 Å². The Balaban J connectivity index is 4.06. The van der Waals surface area contributed by atoms with E-state index in [9.17, 15) is 14.9 Å². The molecule has 6 heteroatoms. The quantitative estimate of drug-likeness (QED) is 0.407. The Morgan fingerprint density at radius 1 is 1.41 bits per heavy atom. The minimum absolute atomic E-state index is 0.180. The van der Waals surface area contributed by atoms with Crippen molar-refractivity contribution >= 4 is 5.91 Å². The van der Waals surface area contributed by atoms with E-state index in [0.29, 0.717) is 18.7 Å². The normalized spacial score (nSPS) is 10.5. The predicted molar refractivity (Wildman–Crippen MR) is 65.7 cm³/mol. The Morgan fingerprint density at radius 2 is 2.00 bits per heavy atom. The van der Waals surface area contributed by atoms with Crippen LogP contribution in [0.5, 0.6) is 0 Å². The second-order valence-corrected chi connectivity index (χ2v) is 3.71. The lowest BCUT2D eigenvalue weighted by molar-refractivity contribution is -0.418. The van der Waals surface area contributed by atoms with Crippen molar-refractivity contribution in [1.82, 2.24) is 10.2 Å². The molecule has 94 valence electrons. The van der Waals surface area contributed by atoms with Crippen molar-refractivity contribution in [1.29, 1.82) is 0 Å². The zero-order valence-electron chi connectivity index (χ0n) is 10.1. The van der Waals surface area contributed by atoms with Crippen LogP contribution in [0.15, 0.2) is 36.7 Å². The second-order valence-electron chi connectivity index (χ2n) is 3.71. The number of hydrogen-bond donors (Lipinski definition) is 1. The molecule has 17 heavy (non-hydrogen) atoms. The number of amides is 1. The molecule has 0 saturated heterocycles. The summed E-state index contributed by atoms with van der Waals surface area (Å²) >= 11 is 0. The van der Waals surface area contributed by atoms with Gasteiger partial charge in [0.2, 0.25) is 5.91 Å². The van der Waals surface area contributed by atoms with E-state index in [0.717, 1.165) is 0 Å². The lowest BCUT2D eigenvalue weighted by atomic mass is 10.3. The number of nitrogens with one attached hydrogen (secondary N) is 1. The minimum atomic E-state index is -0.613. The molecule has 0 aromatic heterocycles. The van der Waals surface area contributed by atoms with Crippen molar-refractivity contribution < 1.29 is 9.72 Å². The third kappa shape index (κ3) is 7.92. The summed E-state index contributed by atoms with van der Waals surface area (Å²) in [6, 6.07) is 0. The molecule has 0 aromatic rings. The van der Waals surface area contributed by atoms with Gasteiger partial charge in [-0.3, -0.25) is 14.9 Å². The molecule has 0 fully saturated rings. The molecular weight excluding hydrogens is 222 g/mol. The van der Waals surface area contributed by atoms with Gasteiger partial charge in [0, 0.05) is 24.7 Å². The molecule has 0 spiro atoms. The van der Waals surface area contributed by atoms with Crippen molar-refractivity contribution in [2.75, 3.05) is 20.6 Å². The van der Waals surface area contributed by atoms with Gasteiger partial charge in [-0.15, -0.1) is 0 Å². The third-order valence-corrected chi connectivity index (χ3v) is 1.80. The molecule has 0 atom stereocenters. The lowest BCUT2D eigenvalue weighted by Gasteiger charge is -2.09. The van der Waals surface area contributed by atoms with Crippen LogP contribution in [0.3, 0.4) is 0 Å². The number of carbonyl (C=O) groups excluding carboxylic acids is 1. The summed E-state index contributed by atoms with van der Waals surface area (Å²) < 4.78 is 0. The molecule has 0 aliphatic rings. The van der Waals surface area contributed by atoms with E-state index in [4.69, 9.17) is 0 Å². The smallest absolute Gasteiger partial charge is 0.262 e. The van der Waals surface area contributed by atoms with E-state index < -0.39 is 4.92 Å². The van der Waals surface area contributed by atoms with Gasteiger partial charge in [-0.05, 0) is 26.8 Å². The molecule has 1 N–H and O–H groups in total. The highest BCUT2D eigenvalue weighted by atomic mass is 16.6. The molecule has 1 amide bonds. The first-order chi connectivity index (χ1) is 7.82. The van der Waals surface area contributed by atoms with Crippen molar-refractivity contribution in [3.8, 4) is 0 Å². The zero-order valence-corrected chi connectivity index (χ0v) is 10.1. The lowest BCUT2D eigenvalue weighted by Crippen LogP contribution is -2.25. The summed E-state index contributed by atoms with van der Waals surface area (Å²) in [5.74, 6) is -0.180. The number of nitrogens with zero attached hydrogens (tertiary/aromatic N) is 2. The van der Waals surface area contributed by atoms with Crippen molar-refractivity contribution in [2.45, 2.75) is 6.42 Å². The molecule has 0 rings (SSSR count). The Hall–Kier alpha value is -1.95. The van der Waals surface area contributed by atoms with Crippen LogP contribution >= 0.6 is 0 Å². The average molecular weight is 239 g/mol. The van der Waals surface area contributed by atoms with E-state index in [2.05, 4.69) is 18.5 Å². The Morgan fingerprint density at radius 3 is 2.47 bits per heavy atom. The summed E-state index contributed by atoms with van der Waals surface area (Å²) in [6.45, 7) is 7.40. The molecule has 0 radical (unpaired) electrons. The fourth-order valence-electron chi connectivity index (χ4n) is 0.866. The molecule has 0 unspecified atom stereocenters. The number of nitro groups is 1. The van der Waals surface area contributed by atoms with Crippen molar-refractivity contribution in [3.63, 3.8) is 0 Å². The van der Waals surface area contributed by atoms with Gasteiger partial charge in [0.15, 0.2) is 0 Å². The predicted octanol–water partition coefficient (Wildman–Crippen LogP) is 0.915. The first-order valence-electron chi connectivity index (χ1n) is 4.97. The summed E-state index contributed by atoms with van der Waals surface area (Å²) in [5, 5.41) is 12.8. The molecular formula is C11H17N3O3.